The molecule has 1 aromatic heterocycles. The number of hydrogen-bond acceptors (Lipinski definition) is 4. The van der Waals surface area contributed by atoms with Crippen LogP contribution in [0, 0.1) is 17.5 Å². The van der Waals surface area contributed by atoms with Crippen LogP contribution in [0.3, 0.4) is 0 Å². The summed E-state index contributed by atoms with van der Waals surface area (Å²) in [6.07, 6.45) is -5.18. The molecule has 0 atom stereocenters. The summed E-state index contributed by atoms with van der Waals surface area (Å²) in [7, 11) is 0. The van der Waals surface area contributed by atoms with Gasteiger partial charge in [-0.2, -0.15) is 4.68 Å². The number of aromatic nitrogens is 2. The highest BCUT2D eigenvalue weighted by molar-refractivity contribution is 5.55. The summed E-state index contributed by atoms with van der Waals surface area (Å²) in [4.78, 5) is 11.9. The fourth-order valence-corrected chi connectivity index (χ4v) is 2.10. The molecule has 0 aliphatic heterocycles. The van der Waals surface area contributed by atoms with Crippen LogP contribution in [0.4, 0.5) is 26.3 Å². The van der Waals surface area contributed by atoms with E-state index < -0.39 is 52.5 Å². The van der Waals surface area contributed by atoms with Gasteiger partial charge in [-0.05, 0) is 24.3 Å². The number of alkyl halides is 3. The molecule has 5 nitrogen and oxygen atoms in total. The maximum absolute atomic E-state index is 13.8. The largest absolute Gasteiger partial charge is 0.573 e. The second-order valence-electron chi connectivity index (χ2n) is 4.84. The highest BCUT2D eigenvalue weighted by Gasteiger charge is 2.33. The number of hydrogen-bond donors (Lipinski definition) is 0. The highest BCUT2D eigenvalue weighted by Crippen LogP contribution is 2.30. The van der Waals surface area contributed by atoms with Gasteiger partial charge in [0, 0.05) is 6.07 Å². The molecular weight excluding hydrogens is 370 g/mol. The third-order valence-electron chi connectivity index (χ3n) is 3.10. The number of ether oxygens (including phenoxy) is 1. The fourth-order valence-electron chi connectivity index (χ4n) is 2.10. The average Bonchev–Trinajstić information content (AvgIpc) is 2.87. The number of benzene rings is 2. The Labute approximate surface area is 140 Å². The molecule has 3 rings (SSSR count). The molecule has 0 spiro atoms. The monoisotopic (exact) mass is 376 g/mol. The number of rotatable bonds is 3. The zero-order chi connectivity index (χ0) is 19.1. The van der Waals surface area contributed by atoms with Crippen molar-refractivity contribution in [1.29, 1.82) is 0 Å². The van der Waals surface area contributed by atoms with Crippen LogP contribution in [0.15, 0.2) is 45.6 Å². The summed E-state index contributed by atoms with van der Waals surface area (Å²) in [5, 5.41) is 3.48. The summed E-state index contributed by atoms with van der Waals surface area (Å²) in [6, 6.07) is 4.66. The van der Waals surface area contributed by atoms with Gasteiger partial charge in [0.05, 0.1) is 0 Å². The molecule has 0 radical (unpaired) electrons. The number of nitrogens with zero attached hydrogens (tertiary/aromatic N) is 2. The minimum atomic E-state index is -5.18. The fraction of sp³-hybridized carbons (Fsp3) is 0.0667. The maximum atomic E-state index is 13.8. The van der Waals surface area contributed by atoms with Crippen LogP contribution >= 0.6 is 0 Å². The molecule has 2 aromatic carbocycles. The molecule has 0 unspecified atom stereocenters. The molecular formula is C15H6F6N2O3. The lowest BCUT2D eigenvalue weighted by Gasteiger charge is -2.12. The molecule has 0 amide bonds. The molecule has 0 aliphatic carbocycles. The summed E-state index contributed by atoms with van der Waals surface area (Å²) in [5.74, 6) is -6.55. The van der Waals surface area contributed by atoms with Crippen molar-refractivity contribution >= 4 is 0 Å². The van der Waals surface area contributed by atoms with Crippen LogP contribution in [-0.4, -0.2) is 16.1 Å². The minimum absolute atomic E-state index is 0.266. The van der Waals surface area contributed by atoms with E-state index in [1.165, 1.54) is 0 Å². The van der Waals surface area contributed by atoms with Crippen LogP contribution in [0.2, 0.25) is 0 Å². The molecule has 136 valence electrons. The van der Waals surface area contributed by atoms with Gasteiger partial charge < -0.3 is 9.15 Å². The van der Waals surface area contributed by atoms with E-state index in [4.69, 9.17) is 0 Å². The van der Waals surface area contributed by atoms with Crippen molar-refractivity contribution in [2.24, 2.45) is 0 Å². The Morgan fingerprint density at radius 3 is 2.31 bits per heavy atom. The summed E-state index contributed by atoms with van der Waals surface area (Å²) < 4.78 is 86.7. The summed E-state index contributed by atoms with van der Waals surface area (Å²) in [6.45, 7) is 0. The van der Waals surface area contributed by atoms with Gasteiger partial charge in [-0.3, -0.25) is 0 Å². The smallest absolute Gasteiger partial charge is 0.403 e. The molecule has 3 aromatic rings. The van der Waals surface area contributed by atoms with E-state index in [0.29, 0.717) is 6.07 Å². The summed E-state index contributed by atoms with van der Waals surface area (Å²) >= 11 is 0. The lowest BCUT2D eigenvalue weighted by Crippen LogP contribution is -2.21. The van der Waals surface area contributed by atoms with E-state index in [9.17, 15) is 31.1 Å². The van der Waals surface area contributed by atoms with Crippen molar-refractivity contribution in [2.75, 3.05) is 0 Å². The van der Waals surface area contributed by atoms with Crippen LogP contribution in [-0.2, 0) is 0 Å². The second kappa shape index (κ2) is 6.24. The molecule has 26 heavy (non-hydrogen) atoms. The van der Waals surface area contributed by atoms with Gasteiger partial charge in [-0.25, -0.2) is 18.0 Å². The molecule has 1 heterocycles. The first-order valence-electron chi connectivity index (χ1n) is 6.76. The van der Waals surface area contributed by atoms with E-state index >= 15 is 0 Å². The van der Waals surface area contributed by atoms with Gasteiger partial charge in [0.1, 0.15) is 28.7 Å². The highest BCUT2D eigenvalue weighted by atomic mass is 19.4. The third kappa shape index (κ3) is 3.41. The molecule has 0 saturated carbocycles. The van der Waals surface area contributed by atoms with Gasteiger partial charge in [0.15, 0.2) is 5.75 Å². The Kier molecular flexibility index (Phi) is 4.22. The van der Waals surface area contributed by atoms with E-state index in [0.717, 1.165) is 30.3 Å². The van der Waals surface area contributed by atoms with Crippen LogP contribution in [0.1, 0.15) is 0 Å². The Hall–Kier alpha value is -3.24. The first-order chi connectivity index (χ1) is 12.2. The Morgan fingerprint density at radius 1 is 1.04 bits per heavy atom. The Bertz CT molecular complexity index is 1000. The lowest BCUT2D eigenvalue weighted by molar-refractivity contribution is -0.274. The van der Waals surface area contributed by atoms with E-state index in [1.54, 1.807) is 0 Å². The van der Waals surface area contributed by atoms with Crippen molar-refractivity contribution in [2.45, 2.75) is 6.36 Å². The van der Waals surface area contributed by atoms with Gasteiger partial charge >= 0.3 is 12.1 Å². The second-order valence-corrected chi connectivity index (χ2v) is 4.84. The zero-order valence-electron chi connectivity index (χ0n) is 12.4. The first-order valence-corrected chi connectivity index (χ1v) is 6.76. The van der Waals surface area contributed by atoms with E-state index in [-0.39, 0.29) is 4.68 Å². The average molecular weight is 376 g/mol. The maximum Gasteiger partial charge on any atom is 0.573 e. The molecule has 0 N–H and O–H groups in total. The van der Waals surface area contributed by atoms with Gasteiger partial charge in [-0.15, -0.1) is 18.3 Å². The van der Waals surface area contributed by atoms with Crippen molar-refractivity contribution in [3.8, 4) is 22.9 Å². The van der Waals surface area contributed by atoms with Gasteiger partial charge in [0.25, 0.3) is 5.89 Å². The topological polar surface area (TPSA) is 57.3 Å². The van der Waals surface area contributed by atoms with Crippen LogP contribution in [0.5, 0.6) is 5.75 Å². The molecule has 0 saturated heterocycles. The molecule has 11 heteroatoms. The molecule has 0 aliphatic rings. The lowest BCUT2D eigenvalue weighted by atomic mass is 10.2. The summed E-state index contributed by atoms with van der Waals surface area (Å²) in [5.41, 5.74) is -1.43. The predicted molar refractivity (Wildman–Crippen MR) is 74.1 cm³/mol. The van der Waals surface area contributed by atoms with Crippen molar-refractivity contribution in [3.05, 3.63) is 64.4 Å². The molecule has 0 bridgehead atoms. The van der Waals surface area contributed by atoms with E-state index in [1.807, 2.05) is 0 Å². The van der Waals surface area contributed by atoms with Crippen LogP contribution < -0.4 is 10.5 Å². The quantitative estimate of drug-likeness (QED) is 0.653. The van der Waals surface area contributed by atoms with Crippen LogP contribution in [0.25, 0.3) is 17.1 Å². The van der Waals surface area contributed by atoms with Crippen molar-refractivity contribution in [1.82, 2.24) is 9.78 Å². The minimum Gasteiger partial charge on any atom is -0.403 e. The van der Waals surface area contributed by atoms with Gasteiger partial charge in [0.2, 0.25) is 0 Å². The standard InChI is InChI=1S/C15H6F6N2O3/c16-7-4-5-10(11(6-7)26-15(19,20)21)23-14(24)25-13(22-23)12-8(17)2-1-3-9(12)18/h1-6H. The van der Waals surface area contributed by atoms with E-state index in [2.05, 4.69) is 14.3 Å². The predicted octanol–water partition coefficient (Wildman–Crippen LogP) is 3.81. The SMILES string of the molecule is O=c1oc(-c2c(F)cccc2F)nn1-c1ccc(F)cc1OC(F)(F)F. The third-order valence-corrected chi connectivity index (χ3v) is 3.10. The molecule has 0 fully saturated rings. The van der Waals surface area contributed by atoms with Crippen molar-refractivity contribution in [3.63, 3.8) is 0 Å². The van der Waals surface area contributed by atoms with Gasteiger partial charge in [-0.1, -0.05) is 6.07 Å². The Morgan fingerprint density at radius 2 is 1.69 bits per heavy atom. The number of halogens is 6. The zero-order valence-corrected chi connectivity index (χ0v) is 12.4. The van der Waals surface area contributed by atoms with Crippen molar-refractivity contribution < 1.29 is 35.5 Å². The normalized spacial score (nSPS) is 11.6. The Balaban J connectivity index is 2.16. The first kappa shape index (κ1) is 17.6.